The predicted molar refractivity (Wildman–Crippen MR) is 40.7 cm³/mol. The number of carbonyl (C=O) groups is 1. The van der Waals surface area contributed by atoms with Crippen molar-refractivity contribution in [2.75, 3.05) is 0 Å². The molecule has 7 heteroatoms. The molecule has 0 spiro atoms. The van der Waals surface area contributed by atoms with Crippen LogP contribution in [0.2, 0.25) is 0 Å². The monoisotopic (exact) mass is 207 g/mol. The zero-order chi connectivity index (χ0) is 10.8. The summed E-state index contributed by atoms with van der Waals surface area (Å²) in [6.07, 6.45) is -3.46. The average molecular weight is 207 g/mol. The maximum atomic E-state index is 12.0. The summed E-state index contributed by atoms with van der Waals surface area (Å²) < 4.78 is 37.0. The Labute approximate surface area is 77.7 Å². The summed E-state index contributed by atoms with van der Waals surface area (Å²) in [7, 11) is 0. The second kappa shape index (κ2) is 3.77. The lowest BCUT2D eigenvalue weighted by molar-refractivity contribution is -0.0891. The van der Waals surface area contributed by atoms with Crippen LogP contribution in [0.15, 0.2) is 6.20 Å². The van der Waals surface area contributed by atoms with Crippen molar-refractivity contribution in [3.05, 3.63) is 11.9 Å². The van der Waals surface area contributed by atoms with Gasteiger partial charge in [0.05, 0.1) is 6.20 Å². The summed E-state index contributed by atoms with van der Waals surface area (Å²) >= 11 is 0. The minimum atomic E-state index is -4.87. The Kier molecular flexibility index (Phi) is 2.87. The van der Waals surface area contributed by atoms with Crippen molar-refractivity contribution in [3.63, 3.8) is 0 Å². The van der Waals surface area contributed by atoms with E-state index in [1.165, 1.54) is 0 Å². The van der Waals surface area contributed by atoms with Crippen molar-refractivity contribution in [1.82, 2.24) is 15.0 Å². The van der Waals surface area contributed by atoms with Crippen molar-refractivity contribution in [3.8, 4) is 0 Å². The maximum absolute atomic E-state index is 12.0. The largest absolute Gasteiger partial charge is 0.456 e. The van der Waals surface area contributed by atoms with E-state index < -0.39 is 17.7 Å². The van der Waals surface area contributed by atoms with E-state index >= 15 is 0 Å². The highest BCUT2D eigenvalue weighted by Crippen LogP contribution is 2.20. The number of hydrogen-bond donors (Lipinski definition) is 0. The summed E-state index contributed by atoms with van der Waals surface area (Å²) in [6.45, 7) is 2.01. The van der Waals surface area contributed by atoms with Crippen LogP contribution in [-0.2, 0) is 6.54 Å². The molecule has 0 saturated carbocycles. The van der Waals surface area contributed by atoms with Crippen LogP contribution >= 0.6 is 0 Å². The van der Waals surface area contributed by atoms with Crippen molar-refractivity contribution in [1.29, 1.82) is 0 Å². The van der Waals surface area contributed by atoms with Crippen LogP contribution in [0.5, 0.6) is 0 Å². The molecule has 1 aromatic heterocycles. The molecule has 1 rings (SSSR count). The molecule has 4 nitrogen and oxygen atoms in total. The van der Waals surface area contributed by atoms with Crippen molar-refractivity contribution in [2.45, 2.75) is 26.1 Å². The van der Waals surface area contributed by atoms with Crippen LogP contribution in [-0.4, -0.2) is 27.0 Å². The van der Waals surface area contributed by atoms with Gasteiger partial charge in [0.15, 0.2) is 0 Å². The van der Waals surface area contributed by atoms with Gasteiger partial charge >= 0.3 is 6.18 Å². The first-order chi connectivity index (χ1) is 6.46. The first kappa shape index (κ1) is 10.7. The number of hydrogen-bond acceptors (Lipinski definition) is 3. The predicted octanol–water partition coefficient (Wildman–Crippen LogP) is 1.43. The quantitative estimate of drug-likeness (QED) is 0.704. The van der Waals surface area contributed by atoms with Gasteiger partial charge in [-0.2, -0.15) is 13.2 Å². The maximum Gasteiger partial charge on any atom is 0.456 e. The van der Waals surface area contributed by atoms with Gasteiger partial charge in [-0.25, -0.2) is 4.68 Å². The highest BCUT2D eigenvalue weighted by molar-refractivity contribution is 5.98. The Morgan fingerprint density at radius 3 is 2.71 bits per heavy atom. The second-order valence-electron chi connectivity index (χ2n) is 2.67. The molecule has 0 aliphatic heterocycles. The number of alkyl halides is 3. The van der Waals surface area contributed by atoms with Gasteiger partial charge in [-0.1, -0.05) is 12.1 Å². The summed E-state index contributed by atoms with van der Waals surface area (Å²) in [6, 6.07) is 0. The fourth-order valence-electron chi connectivity index (χ4n) is 0.956. The molecule has 0 amide bonds. The average Bonchev–Trinajstić information content (AvgIpc) is 2.50. The molecule has 0 aliphatic carbocycles. The molecule has 0 N–H and O–H groups in total. The van der Waals surface area contributed by atoms with E-state index in [0.717, 1.165) is 10.9 Å². The zero-order valence-electron chi connectivity index (χ0n) is 7.38. The van der Waals surface area contributed by atoms with Crippen molar-refractivity contribution >= 4 is 5.78 Å². The summed E-state index contributed by atoms with van der Waals surface area (Å²) in [5.41, 5.74) is -0.514. The summed E-state index contributed by atoms with van der Waals surface area (Å²) in [4.78, 5) is 10.8. The lowest BCUT2D eigenvalue weighted by atomic mass is 10.3. The smallest absolute Gasteiger partial charge is 0.282 e. The number of carbonyl (C=O) groups excluding carboxylic acids is 1. The number of nitrogens with zero attached hydrogens (tertiary/aromatic N) is 3. The Morgan fingerprint density at radius 1 is 1.57 bits per heavy atom. The van der Waals surface area contributed by atoms with E-state index in [-0.39, 0.29) is 6.54 Å². The van der Waals surface area contributed by atoms with E-state index in [0.29, 0.717) is 6.42 Å². The first-order valence-corrected chi connectivity index (χ1v) is 3.96. The number of aromatic nitrogens is 3. The molecule has 0 saturated heterocycles. The molecule has 14 heavy (non-hydrogen) atoms. The number of Topliss-reactive ketones (excluding diaryl/α,β-unsaturated/α-hetero) is 1. The van der Waals surface area contributed by atoms with E-state index in [4.69, 9.17) is 0 Å². The van der Waals surface area contributed by atoms with Crippen LogP contribution < -0.4 is 0 Å². The zero-order valence-corrected chi connectivity index (χ0v) is 7.38. The standard InChI is InChI=1S/C7H8F3N3O/c1-2-3-13-5(4-11-12-13)6(14)7(8,9)10/h4H,2-3H2,1H3. The van der Waals surface area contributed by atoms with Crippen molar-refractivity contribution in [2.24, 2.45) is 0 Å². The molecule has 0 fully saturated rings. The van der Waals surface area contributed by atoms with Gasteiger partial charge in [-0.3, -0.25) is 4.79 Å². The number of ketones is 1. The Morgan fingerprint density at radius 2 is 2.21 bits per heavy atom. The van der Waals surface area contributed by atoms with Crippen LogP contribution in [0.4, 0.5) is 13.2 Å². The Balaban J connectivity index is 2.95. The third-order valence-corrected chi connectivity index (χ3v) is 1.54. The third-order valence-electron chi connectivity index (χ3n) is 1.54. The molecular formula is C7H8F3N3O. The van der Waals surface area contributed by atoms with Gasteiger partial charge in [0, 0.05) is 6.54 Å². The summed E-state index contributed by atoms with van der Waals surface area (Å²) in [5.74, 6) is -1.91. The molecule has 0 unspecified atom stereocenters. The van der Waals surface area contributed by atoms with Crippen LogP contribution in [0.1, 0.15) is 23.8 Å². The van der Waals surface area contributed by atoms with E-state index in [2.05, 4.69) is 10.3 Å². The van der Waals surface area contributed by atoms with E-state index in [1.54, 1.807) is 6.92 Å². The number of rotatable bonds is 3. The first-order valence-electron chi connectivity index (χ1n) is 3.96. The van der Waals surface area contributed by atoms with Gasteiger partial charge in [0.2, 0.25) is 0 Å². The van der Waals surface area contributed by atoms with Gasteiger partial charge in [-0.05, 0) is 6.42 Å². The normalized spacial score (nSPS) is 11.7. The number of halogens is 3. The Bertz CT molecular complexity index is 331. The second-order valence-corrected chi connectivity index (χ2v) is 2.67. The molecule has 0 aromatic carbocycles. The number of aryl methyl sites for hydroxylation is 1. The topological polar surface area (TPSA) is 47.8 Å². The SMILES string of the molecule is CCCn1nncc1C(=O)C(F)(F)F. The molecular weight excluding hydrogens is 199 g/mol. The minimum absolute atomic E-state index is 0.247. The fourth-order valence-corrected chi connectivity index (χ4v) is 0.956. The van der Waals surface area contributed by atoms with E-state index in [1.807, 2.05) is 0 Å². The third kappa shape index (κ3) is 2.09. The van der Waals surface area contributed by atoms with Gasteiger partial charge in [0.25, 0.3) is 5.78 Å². The molecule has 0 bridgehead atoms. The molecule has 78 valence electrons. The lowest BCUT2D eigenvalue weighted by Gasteiger charge is -2.05. The van der Waals surface area contributed by atoms with Crippen molar-refractivity contribution < 1.29 is 18.0 Å². The minimum Gasteiger partial charge on any atom is -0.282 e. The van der Waals surface area contributed by atoms with E-state index in [9.17, 15) is 18.0 Å². The molecule has 1 heterocycles. The molecule has 0 atom stereocenters. The van der Waals surface area contributed by atoms with Crippen LogP contribution in [0.3, 0.4) is 0 Å². The highest BCUT2D eigenvalue weighted by Gasteiger charge is 2.41. The van der Waals surface area contributed by atoms with Gasteiger partial charge < -0.3 is 0 Å². The summed E-state index contributed by atoms with van der Waals surface area (Å²) in [5, 5.41) is 6.65. The Hall–Kier alpha value is -1.40. The van der Waals surface area contributed by atoms with Gasteiger partial charge in [0.1, 0.15) is 5.69 Å². The van der Waals surface area contributed by atoms with Crippen LogP contribution in [0, 0.1) is 0 Å². The lowest BCUT2D eigenvalue weighted by Crippen LogP contribution is -2.25. The highest BCUT2D eigenvalue weighted by atomic mass is 19.4. The molecule has 0 aliphatic rings. The van der Waals surface area contributed by atoms with Gasteiger partial charge in [-0.15, -0.1) is 5.10 Å². The van der Waals surface area contributed by atoms with Crippen LogP contribution in [0.25, 0.3) is 0 Å². The molecule has 1 aromatic rings. The molecule has 0 radical (unpaired) electrons. The fraction of sp³-hybridized carbons (Fsp3) is 0.571.